The highest BCUT2D eigenvalue weighted by atomic mass is 35.5. The first-order chi connectivity index (χ1) is 29.6. The van der Waals surface area contributed by atoms with Gasteiger partial charge in [-0.2, -0.15) is 0 Å². The molecule has 11 rings (SSSR count). The van der Waals surface area contributed by atoms with E-state index in [1.54, 1.807) is 41.6 Å². The summed E-state index contributed by atoms with van der Waals surface area (Å²) >= 11 is 6.74. The fourth-order valence-corrected chi connectivity index (χ4v) is 12.4. The van der Waals surface area contributed by atoms with Gasteiger partial charge in [0.2, 0.25) is 0 Å². The number of allylic oxidation sites excluding steroid dienone is 1. The van der Waals surface area contributed by atoms with Gasteiger partial charge in [0.1, 0.15) is 23.8 Å². The van der Waals surface area contributed by atoms with E-state index in [-0.39, 0.29) is 34.0 Å². The number of carbonyl (C=O) groups is 1. The third kappa shape index (κ3) is 7.82. The van der Waals surface area contributed by atoms with Crippen LogP contribution >= 0.6 is 11.6 Å². The van der Waals surface area contributed by atoms with E-state index in [4.69, 9.17) is 25.8 Å². The summed E-state index contributed by atoms with van der Waals surface area (Å²) in [6.45, 7) is 13.0. The van der Waals surface area contributed by atoms with Crippen LogP contribution in [-0.4, -0.2) is 116 Å². The van der Waals surface area contributed by atoms with Crippen molar-refractivity contribution >= 4 is 49.9 Å². The van der Waals surface area contributed by atoms with Crippen molar-refractivity contribution in [3.63, 3.8) is 0 Å². The Bertz CT molecular complexity index is 2570. The summed E-state index contributed by atoms with van der Waals surface area (Å²) in [5, 5.41) is 12.9. The van der Waals surface area contributed by atoms with E-state index in [0.717, 1.165) is 108 Å². The van der Waals surface area contributed by atoms with Crippen molar-refractivity contribution in [3.8, 4) is 17.2 Å². The zero-order chi connectivity index (χ0) is 43.1. The van der Waals surface area contributed by atoms with Gasteiger partial charge in [0.25, 0.3) is 15.9 Å². The molecule has 0 unspecified atom stereocenters. The van der Waals surface area contributed by atoms with Crippen LogP contribution in [0.5, 0.6) is 17.2 Å². The zero-order valence-electron chi connectivity index (χ0n) is 35.1. The second kappa shape index (κ2) is 15.2. The highest BCUT2D eigenvalue weighted by Crippen LogP contribution is 2.75. The van der Waals surface area contributed by atoms with Crippen molar-refractivity contribution in [1.29, 1.82) is 0 Å². The van der Waals surface area contributed by atoms with Crippen molar-refractivity contribution in [3.05, 3.63) is 87.7 Å². The van der Waals surface area contributed by atoms with Crippen LogP contribution < -0.4 is 19.1 Å². The van der Waals surface area contributed by atoms with E-state index < -0.39 is 31.4 Å². The van der Waals surface area contributed by atoms with Crippen LogP contribution in [0.15, 0.2) is 77.0 Å². The standard InChI is InChI=1S/C45H52ClN7O8S/c1-42(2)9-7-31(36(20-42)44-23-45(46,24-44)25-44)22-50-11-13-52(14-12-50)32-3-5-35(39(18-32)61-33-17-30-8-10-47-40(30)48-21-33)41(54)49-62(57,58)34-4-6-38(37(19-34)53(55)56)60-16-15-51-26-43(27-51)28-59-29-43/h3-6,8,10,17-19,21H,7,9,11-16,20,22-29H2,1-2H3,(H,47,48)(H,49,54). The number of carbonyl (C=O) groups excluding carboxylic acids is 1. The van der Waals surface area contributed by atoms with E-state index in [9.17, 15) is 23.3 Å². The number of anilines is 1. The number of benzene rings is 2. The summed E-state index contributed by atoms with van der Waals surface area (Å²) in [5.41, 5.74) is 5.09. The van der Waals surface area contributed by atoms with Gasteiger partial charge in [-0.15, -0.1) is 11.6 Å². The van der Waals surface area contributed by atoms with Gasteiger partial charge in [-0.1, -0.05) is 25.0 Å². The smallest absolute Gasteiger partial charge is 0.312 e. The number of hydrogen-bond acceptors (Lipinski definition) is 12. The van der Waals surface area contributed by atoms with Crippen LogP contribution in [0.4, 0.5) is 11.4 Å². The summed E-state index contributed by atoms with van der Waals surface area (Å²) in [7, 11) is -4.57. The number of rotatable bonds is 14. The molecule has 62 heavy (non-hydrogen) atoms. The van der Waals surface area contributed by atoms with Crippen LogP contribution in [-0.2, 0) is 14.8 Å². The predicted molar refractivity (Wildman–Crippen MR) is 234 cm³/mol. The number of H-pyrrole nitrogens is 1. The topological polar surface area (TPSA) is 172 Å². The number of aromatic amines is 1. The molecule has 3 aliphatic heterocycles. The molecular formula is C45H52ClN7O8S. The normalized spacial score (nSPS) is 25.4. The highest BCUT2D eigenvalue weighted by Gasteiger charge is 2.69. The Morgan fingerprint density at radius 3 is 2.50 bits per heavy atom. The van der Waals surface area contributed by atoms with Crippen LogP contribution in [0.1, 0.15) is 62.7 Å². The second-order valence-electron chi connectivity index (χ2n) is 19.4. The molecule has 4 aliphatic carbocycles. The maximum Gasteiger partial charge on any atom is 0.312 e. The molecule has 1 amide bonds. The maximum atomic E-state index is 13.9. The molecule has 17 heteroatoms. The number of nitro benzene ring substituents is 1. The number of nitrogens with one attached hydrogen (secondary N) is 2. The van der Waals surface area contributed by atoms with Gasteiger partial charge in [-0.3, -0.25) is 24.7 Å². The summed E-state index contributed by atoms with van der Waals surface area (Å²) in [6, 6.07) is 12.1. The zero-order valence-corrected chi connectivity index (χ0v) is 36.7. The first kappa shape index (κ1) is 41.3. The van der Waals surface area contributed by atoms with Crippen molar-refractivity contribution < 1.29 is 32.3 Å². The lowest BCUT2D eigenvalue weighted by Crippen LogP contribution is -2.66. The number of alkyl halides is 1. The highest BCUT2D eigenvalue weighted by molar-refractivity contribution is 7.90. The van der Waals surface area contributed by atoms with Crippen molar-refractivity contribution in [2.45, 2.75) is 62.1 Å². The minimum Gasteiger partial charge on any atom is -0.485 e. The third-order valence-electron chi connectivity index (χ3n) is 14.0. The molecule has 4 aromatic rings. The SMILES string of the molecule is CC1(C)CCC(CN2CCN(c3ccc(C(=O)NS(=O)(=O)c4ccc(OCCN5CC6(COC6)C5)c([N+](=O)[O-])c4)c(Oc4cnc5[nH]ccc5c4)c3)CC2)=C(C23CC(Cl)(C2)C3)C1. The Hall–Kier alpha value is -4.74. The quantitative estimate of drug-likeness (QED) is 0.0583. The minimum absolute atomic E-state index is 0.0344. The molecule has 2 aromatic heterocycles. The third-order valence-corrected chi connectivity index (χ3v) is 15.7. The number of hydrogen-bond donors (Lipinski definition) is 2. The van der Waals surface area contributed by atoms with Gasteiger partial charge in [-0.05, 0) is 85.8 Å². The molecule has 0 atom stereocenters. The second-order valence-corrected chi connectivity index (χ2v) is 21.9. The number of ether oxygens (including phenoxy) is 3. The number of fused-ring (bicyclic) bond motifs is 1. The molecule has 7 aliphatic rings. The number of amides is 1. The Balaban J connectivity index is 0.840. The lowest BCUT2D eigenvalue weighted by Gasteiger charge is -2.70. The Kier molecular flexibility index (Phi) is 10.1. The Morgan fingerprint density at radius 2 is 1.79 bits per heavy atom. The molecule has 328 valence electrons. The number of piperazine rings is 1. The number of nitrogens with zero attached hydrogens (tertiary/aromatic N) is 5. The lowest BCUT2D eigenvalue weighted by molar-refractivity contribution is -0.386. The average molecular weight is 886 g/mol. The summed E-state index contributed by atoms with van der Waals surface area (Å²) < 4.78 is 46.8. The number of halogens is 1. The molecule has 5 heterocycles. The molecule has 2 bridgehead atoms. The predicted octanol–water partition coefficient (Wildman–Crippen LogP) is 6.88. The number of pyridine rings is 1. The van der Waals surface area contributed by atoms with Crippen LogP contribution in [0.25, 0.3) is 11.0 Å². The number of likely N-dealkylation sites (tertiary alicyclic amines) is 1. The Labute approximate surface area is 365 Å². The average Bonchev–Trinajstić information content (AvgIpc) is 3.65. The van der Waals surface area contributed by atoms with Crippen molar-refractivity contribution in [1.82, 2.24) is 24.5 Å². The lowest BCUT2D eigenvalue weighted by atomic mass is 9.39. The molecule has 3 saturated carbocycles. The van der Waals surface area contributed by atoms with E-state index in [1.807, 2.05) is 6.07 Å². The van der Waals surface area contributed by atoms with Gasteiger partial charge < -0.3 is 24.1 Å². The maximum absolute atomic E-state index is 13.9. The molecule has 2 aromatic carbocycles. The molecule has 0 radical (unpaired) electrons. The molecule has 6 fully saturated rings. The minimum atomic E-state index is -4.57. The molecule has 2 N–H and O–H groups in total. The monoisotopic (exact) mass is 885 g/mol. The number of aromatic nitrogens is 2. The molecule has 1 spiro atoms. The fourth-order valence-electron chi connectivity index (χ4n) is 10.7. The largest absolute Gasteiger partial charge is 0.485 e. The van der Waals surface area contributed by atoms with Gasteiger partial charge in [-0.25, -0.2) is 18.1 Å². The summed E-state index contributed by atoms with van der Waals surface area (Å²) in [5.74, 6) is -0.520. The van der Waals surface area contributed by atoms with Crippen molar-refractivity contribution in [2.75, 3.05) is 77.1 Å². The summed E-state index contributed by atoms with van der Waals surface area (Å²) in [4.78, 5) is 39.3. The first-order valence-corrected chi connectivity index (χ1v) is 23.4. The number of sulfonamides is 1. The van der Waals surface area contributed by atoms with Crippen LogP contribution in [0.2, 0.25) is 0 Å². The fraction of sp³-hybridized carbons (Fsp3) is 0.511. The molecule has 15 nitrogen and oxygen atoms in total. The number of nitro groups is 1. The van der Waals surface area contributed by atoms with E-state index in [0.29, 0.717) is 28.8 Å². The van der Waals surface area contributed by atoms with Gasteiger partial charge in [0.15, 0.2) is 5.75 Å². The molecule has 3 saturated heterocycles. The van der Waals surface area contributed by atoms with Gasteiger partial charge in [0.05, 0.1) is 34.8 Å². The van der Waals surface area contributed by atoms with E-state index >= 15 is 0 Å². The van der Waals surface area contributed by atoms with Crippen LogP contribution in [0.3, 0.4) is 0 Å². The van der Waals surface area contributed by atoms with E-state index in [1.165, 1.54) is 24.8 Å². The molecular weight excluding hydrogens is 834 g/mol. The van der Waals surface area contributed by atoms with Gasteiger partial charge in [0, 0.05) is 92.1 Å². The summed E-state index contributed by atoms with van der Waals surface area (Å²) in [6.07, 6.45) is 10.1. The Morgan fingerprint density at radius 1 is 1.02 bits per heavy atom. The first-order valence-electron chi connectivity index (χ1n) is 21.5. The van der Waals surface area contributed by atoms with E-state index in [2.05, 4.69) is 43.2 Å². The van der Waals surface area contributed by atoms with Gasteiger partial charge >= 0.3 is 5.69 Å². The van der Waals surface area contributed by atoms with Crippen LogP contribution in [0, 0.1) is 26.4 Å². The van der Waals surface area contributed by atoms with Crippen molar-refractivity contribution in [2.24, 2.45) is 16.2 Å².